The van der Waals surface area contributed by atoms with Gasteiger partial charge in [0, 0.05) is 11.8 Å². The smallest absolute Gasteiger partial charge is 0.259 e. The number of carbonyl (C=O) groups is 2. The monoisotopic (exact) mass is 398 g/mol. The van der Waals surface area contributed by atoms with Crippen molar-refractivity contribution in [3.63, 3.8) is 0 Å². The van der Waals surface area contributed by atoms with Gasteiger partial charge in [0.1, 0.15) is 5.54 Å². The number of hydrogen-bond donors (Lipinski definition) is 2. The minimum absolute atomic E-state index is 0.155. The Morgan fingerprint density at radius 3 is 2.33 bits per heavy atom. The minimum atomic E-state index is -3.63. The Morgan fingerprint density at radius 2 is 1.81 bits per heavy atom. The van der Waals surface area contributed by atoms with Gasteiger partial charge in [-0.1, -0.05) is 39.8 Å². The van der Waals surface area contributed by atoms with Crippen molar-refractivity contribution < 1.29 is 18.0 Å². The number of rotatable bonds is 11. The first-order valence-corrected chi connectivity index (χ1v) is 11.8. The zero-order valence-corrected chi connectivity index (χ0v) is 17.8. The zero-order valence-electron chi connectivity index (χ0n) is 17.0. The summed E-state index contributed by atoms with van der Waals surface area (Å²) in [5.41, 5.74) is -1.13. The molecule has 2 aliphatic rings. The first-order valence-electron chi connectivity index (χ1n) is 10.2. The van der Waals surface area contributed by atoms with Crippen molar-refractivity contribution in [2.24, 2.45) is 17.8 Å². The molecule has 2 unspecified atom stereocenters. The number of amides is 2. The number of hydrogen-bond acceptors (Lipinski definition) is 4. The molecule has 2 rings (SSSR count). The molecule has 154 valence electrons. The van der Waals surface area contributed by atoms with Crippen LogP contribution in [-0.2, 0) is 19.6 Å². The molecule has 0 saturated heterocycles. The van der Waals surface area contributed by atoms with Gasteiger partial charge in [0.15, 0.2) is 0 Å². The lowest BCUT2D eigenvalue weighted by molar-refractivity contribution is -0.131. The summed E-state index contributed by atoms with van der Waals surface area (Å²) in [6.45, 7) is 8.19. The molecule has 7 heteroatoms. The van der Waals surface area contributed by atoms with Crippen molar-refractivity contribution in [3.05, 3.63) is 12.2 Å². The minimum Gasteiger partial charge on any atom is -0.341 e. The Kier molecular flexibility index (Phi) is 7.11. The molecular formula is C20H34N2O4S. The molecule has 2 N–H and O–H groups in total. The molecule has 2 fully saturated rings. The van der Waals surface area contributed by atoms with Crippen LogP contribution in [0.1, 0.15) is 72.6 Å². The van der Waals surface area contributed by atoms with E-state index in [0.29, 0.717) is 38.0 Å². The average molecular weight is 399 g/mol. The van der Waals surface area contributed by atoms with Crippen LogP contribution in [0.25, 0.3) is 0 Å². The highest BCUT2D eigenvalue weighted by Crippen LogP contribution is 2.46. The molecule has 0 aromatic carbocycles. The van der Waals surface area contributed by atoms with Crippen molar-refractivity contribution >= 4 is 21.8 Å². The van der Waals surface area contributed by atoms with E-state index in [4.69, 9.17) is 0 Å². The summed E-state index contributed by atoms with van der Waals surface area (Å²) in [5.74, 6) is -0.484. The van der Waals surface area contributed by atoms with Crippen molar-refractivity contribution in [2.75, 3.05) is 0 Å². The van der Waals surface area contributed by atoms with Crippen LogP contribution >= 0.6 is 0 Å². The Morgan fingerprint density at radius 1 is 1.19 bits per heavy atom. The van der Waals surface area contributed by atoms with Crippen LogP contribution in [-0.4, -0.2) is 31.0 Å². The second-order valence-electron chi connectivity index (χ2n) is 8.36. The lowest BCUT2D eigenvalue weighted by Gasteiger charge is -2.21. The van der Waals surface area contributed by atoms with E-state index in [1.165, 1.54) is 0 Å². The van der Waals surface area contributed by atoms with Gasteiger partial charge in [0.2, 0.25) is 15.9 Å². The van der Waals surface area contributed by atoms with E-state index in [-0.39, 0.29) is 17.7 Å². The Hall–Kier alpha value is -1.37. The molecule has 2 saturated carbocycles. The number of allylic oxidation sites excluding steroid dienone is 1. The maximum atomic E-state index is 12.8. The zero-order chi connectivity index (χ0) is 20.2. The highest BCUT2D eigenvalue weighted by atomic mass is 32.2. The van der Waals surface area contributed by atoms with Crippen LogP contribution in [0.5, 0.6) is 0 Å². The Labute approximate surface area is 163 Å². The van der Waals surface area contributed by atoms with Crippen molar-refractivity contribution in [1.29, 1.82) is 0 Å². The molecule has 0 bridgehead atoms. The summed E-state index contributed by atoms with van der Waals surface area (Å²) in [4.78, 5) is 25.4. The van der Waals surface area contributed by atoms with Gasteiger partial charge >= 0.3 is 0 Å². The predicted octanol–water partition coefficient (Wildman–Crippen LogP) is 2.90. The van der Waals surface area contributed by atoms with Crippen molar-refractivity contribution in [2.45, 2.75) is 83.4 Å². The molecular weight excluding hydrogens is 364 g/mol. The van der Waals surface area contributed by atoms with Crippen LogP contribution in [0.15, 0.2) is 12.2 Å². The van der Waals surface area contributed by atoms with Crippen LogP contribution < -0.4 is 10.0 Å². The summed E-state index contributed by atoms with van der Waals surface area (Å²) in [5, 5.41) is 2.42. The maximum absolute atomic E-state index is 12.8. The highest BCUT2D eigenvalue weighted by Gasteiger charge is 2.61. The Bertz CT molecular complexity index is 678. The first-order chi connectivity index (χ1) is 12.7. The summed E-state index contributed by atoms with van der Waals surface area (Å²) in [7, 11) is -3.63. The molecule has 0 spiro atoms. The summed E-state index contributed by atoms with van der Waals surface area (Å²) in [6.07, 6.45) is 8.97. The van der Waals surface area contributed by atoms with Crippen molar-refractivity contribution in [1.82, 2.24) is 10.0 Å². The quantitative estimate of drug-likeness (QED) is 0.524. The molecule has 0 heterocycles. The molecule has 0 aliphatic heterocycles. The molecule has 2 atom stereocenters. The lowest BCUT2D eigenvalue weighted by atomic mass is 10.0. The molecule has 2 aliphatic carbocycles. The molecule has 6 nitrogen and oxygen atoms in total. The molecule has 0 aromatic heterocycles. The third-order valence-electron chi connectivity index (χ3n) is 5.60. The number of carbonyl (C=O) groups excluding carboxylic acids is 2. The second-order valence-corrected chi connectivity index (χ2v) is 10.3. The van der Waals surface area contributed by atoms with Crippen LogP contribution in [0.2, 0.25) is 0 Å². The average Bonchev–Trinajstić information content (AvgIpc) is 3.47. The molecule has 27 heavy (non-hydrogen) atoms. The van der Waals surface area contributed by atoms with E-state index >= 15 is 0 Å². The normalized spacial score (nSPS) is 25.2. The molecule has 0 aromatic rings. The van der Waals surface area contributed by atoms with Crippen LogP contribution in [0, 0.1) is 17.8 Å². The van der Waals surface area contributed by atoms with E-state index in [1.807, 2.05) is 26.0 Å². The highest BCUT2D eigenvalue weighted by molar-refractivity contribution is 7.91. The standard InChI is InChI=1S/C20H34N2O4S/c1-5-15(6-2)18(23)21-20(13-16(20)10-8-7-9-14(3)4)19(24)22-27(25,26)17-11-12-17/h8,10,14-17H,5-7,9,11-13H2,1-4H3,(H,21,23)(H,22,24). The van der Waals surface area contributed by atoms with Gasteiger partial charge in [-0.3, -0.25) is 14.3 Å². The maximum Gasteiger partial charge on any atom is 0.259 e. The lowest BCUT2D eigenvalue weighted by Crippen LogP contribution is -2.53. The largest absolute Gasteiger partial charge is 0.341 e. The van der Waals surface area contributed by atoms with Gasteiger partial charge in [-0.15, -0.1) is 0 Å². The van der Waals surface area contributed by atoms with Crippen molar-refractivity contribution in [3.8, 4) is 0 Å². The summed E-state index contributed by atoms with van der Waals surface area (Å²) < 4.78 is 26.6. The summed E-state index contributed by atoms with van der Waals surface area (Å²) in [6, 6.07) is 0. The van der Waals surface area contributed by atoms with Gasteiger partial charge in [0.05, 0.1) is 5.25 Å². The van der Waals surface area contributed by atoms with E-state index in [9.17, 15) is 18.0 Å². The fourth-order valence-corrected chi connectivity index (χ4v) is 4.70. The van der Waals surface area contributed by atoms with Gasteiger partial charge in [0.25, 0.3) is 5.91 Å². The third-order valence-corrected chi connectivity index (χ3v) is 7.42. The number of nitrogens with one attached hydrogen (secondary N) is 2. The van der Waals surface area contributed by atoms with E-state index in [0.717, 1.165) is 12.8 Å². The molecule has 0 radical (unpaired) electrons. The van der Waals surface area contributed by atoms with Gasteiger partial charge < -0.3 is 5.32 Å². The van der Waals surface area contributed by atoms with Crippen LogP contribution in [0.3, 0.4) is 0 Å². The SMILES string of the molecule is CCC(CC)C(=O)NC1(C(=O)NS(=O)(=O)C2CC2)CC1C=CCCC(C)C. The third kappa shape index (κ3) is 5.56. The fourth-order valence-electron chi connectivity index (χ4n) is 3.34. The van der Waals surface area contributed by atoms with E-state index < -0.39 is 26.7 Å². The molecule has 2 amide bonds. The fraction of sp³-hybridized carbons (Fsp3) is 0.800. The second kappa shape index (κ2) is 8.76. The van der Waals surface area contributed by atoms with E-state index in [2.05, 4.69) is 23.9 Å². The summed E-state index contributed by atoms with van der Waals surface area (Å²) >= 11 is 0. The van der Waals surface area contributed by atoms with Gasteiger partial charge in [-0.05, 0) is 50.9 Å². The van der Waals surface area contributed by atoms with Crippen LogP contribution in [0.4, 0.5) is 0 Å². The van der Waals surface area contributed by atoms with Gasteiger partial charge in [-0.25, -0.2) is 8.42 Å². The first kappa shape index (κ1) is 21.9. The number of sulfonamides is 1. The van der Waals surface area contributed by atoms with Gasteiger partial charge in [-0.2, -0.15) is 0 Å². The Balaban J connectivity index is 2.09. The van der Waals surface area contributed by atoms with E-state index in [1.54, 1.807) is 0 Å². The predicted molar refractivity (Wildman–Crippen MR) is 106 cm³/mol. The topological polar surface area (TPSA) is 92.3 Å².